The van der Waals surface area contributed by atoms with Crippen molar-refractivity contribution in [2.45, 2.75) is 46.1 Å². The van der Waals surface area contributed by atoms with Crippen LogP contribution < -0.4 is 5.32 Å². The number of aliphatic carboxylic acids is 1. The van der Waals surface area contributed by atoms with E-state index in [9.17, 15) is 9.59 Å². The number of amides is 1. The number of aryl methyl sites for hydroxylation is 1. The second-order valence-electron chi connectivity index (χ2n) is 7.23. The first kappa shape index (κ1) is 23.6. The molecule has 0 radical (unpaired) electrons. The lowest BCUT2D eigenvalue weighted by molar-refractivity contribution is -0.142. The van der Waals surface area contributed by atoms with Gasteiger partial charge < -0.3 is 20.6 Å². The van der Waals surface area contributed by atoms with E-state index in [0.717, 1.165) is 17.5 Å². The smallest absolute Gasteiger partial charge is 0.328 e. The summed E-state index contributed by atoms with van der Waals surface area (Å²) in [4.78, 5) is 23.1. The second-order valence-corrected chi connectivity index (χ2v) is 7.23. The third kappa shape index (κ3) is 7.29. The Bertz CT molecular complexity index is 738. The molecule has 0 bridgehead atoms. The summed E-state index contributed by atoms with van der Waals surface area (Å²) in [5.74, 6) is -1.45. The van der Waals surface area contributed by atoms with Crippen molar-refractivity contribution in [2.24, 2.45) is 5.92 Å². The molecule has 1 aromatic rings. The number of hydrogen-bond donors (Lipinski definition) is 4. The molecule has 154 valence electrons. The Labute approximate surface area is 166 Å². The van der Waals surface area contributed by atoms with Crippen LogP contribution in [0.5, 0.6) is 0 Å². The van der Waals surface area contributed by atoms with E-state index in [0.29, 0.717) is 5.57 Å². The number of allylic oxidation sites excluding steroid dienone is 1. The summed E-state index contributed by atoms with van der Waals surface area (Å²) in [6, 6.07) is 4.92. The summed E-state index contributed by atoms with van der Waals surface area (Å²) in [7, 11) is 0. The number of aliphatic hydroxyl groups excluding tert-OH is 2. The maximum Gasteiger partial charge on any atom is 0.328 e. The molecule has 0 aliphatic rings. The van der Waals surface area contributed by atoms with Gasteiger partial charge in [-0.15, -0.1) is 0 Å². The minimum absolute atomic E-state index is 0.0135. The van der Waals surface area contributed by atoms with E-state index in [1.165, 1.54) is 5.56 Å². The summed E-state index contributed by atoms with van der Waals surface area (Å²) in [6.07, 6.45) is 6.25. The SMILES string of the molecule is CC(=C[C@H](C)C[C@@H](C)c1ccc(C)cc1C=CCO)C(=O)N[C@@H](CO)C(=O)O. The van der Waals surface area contributed by atoms with Crippen molar-refractivity contribution in [1.82, 2.24) is 5.32 Å². The molecule has 0 aromatic heterocycles. The molecule has 0 saturated carbocycles. The number of carboxylic acids is 1. The van der Waals surface area contributed by atoms with Gasteiger partial charge in [-0.05, 0) is 43.2 Å². The van der Waals surface area contributed by atoms with Gasteiger partial charge in [0.15, 0.2) is 6.04 Å². The van der Waals surface area contributed by atoms with Crippen LogP contribution in [-0.4, -0.2) is 46.5 Å². The molecule has 3 atom stereocenters. The third-order valence-corrected chi connectivity index (χ3v) is 4.58. The standard InChI is InChI=1S/C22H31NO5/c1-14-7-8-19(18(12-14)6-5-9-24)16(3)10-15(2)11-17(4)21(26)23-20(13-25)22(27)28/h5-8,11-12,15-16,20,24-25H,9-10,13H2,1-4H3,(H,23,26)(H,27,28)/t15-,16-,20+/m1/s1. The zero-order valence-electron chi connectivity index (χ0n) is 17.0. The highest BCUT2D eigenvalue weighted by Gasteiger charge is 2.20. The summed E-state index contributed by atoms with van der Waals surface area (Å²) < 4.78 is 0. The lowest BCUT2D eigenvalue weighted by Crippen LogP contribution is -2.43. The zero-order valence-corrected chi connectivity index (χ0v) is 17.0. The monoisotopic (exact) mass is 389 g/mol. The maximum absolute atomic E-state index is 12.1. The summed E-state index contributed by atoms with van der Waals surface area (Å²) >= 11 is 0. The highest BCUT2D eigenvalue weighted by Crippen LogP contribution is 2.28. The van der Waals surface area contributed by atoms with Crippen LogP contribution in [0.2, 0.25) is 0 Å². The molecule has 0 spiro atoms. The second kappa shape index (κ2) is 11.4. The van der Waals surface area contributed by atoms with Gasteiger partial charge in [0.1, 0.15) is 0 Å². The van der Waals surface area contributed by atoms with Crippen LogP contribution in [-0.2, 0) is 9.59 Å². The van der Waals surface area contributed by atoms with Gasteiger partial charge in [0.25, 0.3) is 0 Å². The van der Waals surface area contributed by atoms with E-state index in [-0.39, 0.29) is 18.4 Å². The quantitative estimate of drug-likeness (QED) is 0.460. The Morgan fingerprint density at radius 1 is 1.21 bits per heavy atom. The van der Waals surface area contributed by atoms with Crippen molar-refractivity contribution in [3.05, 3.63) is 52.6 Å². The molecule has 0 saturated heterocycles. The molecule has 0 heterocycles. The number of nitrogens with one attached hydrogen (secondary N) is 1. The molecular formula is C22H31NO5. The molecule has 0 fully saturated rings. The number of benzene rings is 1. The van der Waals surface area contributed by atoms with Crippen molar-refractivity contribution in [3.8, 4) is 0 Å². The van der Waals surface area contributed by atoms with E-state index in [4.69, 9.17) is 15.3 Å². The number of hydrogen-bond acceptors (Lipinski definition) is 4. The number of aliphatic hydroxyl groups is 2. The fourth-order valence-corrected chi connectivity index (χ4v) is 3.18. The normalized spacial score (nSPS) is 15.3. The van der Waals surface area contributed by atoms with Gasteiger partial charge >= 0.3 is 5.97 Å². The lowest BCUT2D eigenvalue weighted by atomic mass is 9.87. The molecule has 1 aromatic carbocycles. The molecule has 4 N–H and O–H groups in total. The van der Waals surface area contributed by atoms with Gasteiger partial charge in [0.2, 0.25) is 5.91 Å². The van der Waals surface area contributed by atoms with Gasteiger partial charge in [0, 0.05) is 5.57 Å². The number of carbonyl (C=O) groups excluding carboxylic acids is 1. The highest BCUT2D eigenvalue weighted by molar-refractivity contribution is 5.95. The van der Waals surface area contributed by atoms with Crippen molar-refractivity contribution in [3.63, 3.8) is 0 Å². The van der Waals surface area contributed by atoms with E-state index in [1.807, 2.05) is 26.0 Å². The third-order valence-electron chi connectivity index (χ3n) is 4.58. The minimum Gasteiger partial charge on any atom is -0.480 e. The van der Waals surface area contributed by atoms with Crippen LogP contribution in [0.3, 0.4) is 0 Å². The highest BCUT2D eigenvalue weighted by atomic mass is 16.4. The van der Waals surface area contributed by atoms with Gasteiger partial charge in [-0.25, -0.2) is 4.79 Å². The predicted molar refractivity (Wildman–Crippen MR) is 110 cm³/mol. The van der Waals surface area contributed by atoms with E-state index < -0.39 is 24.5 Å². The number of carboxylic acid groups (broad SMARTS) is 1. The first-order valence-corrected chi connectivity index (χ1v) is 9.40. The molecule has 0 unspecified atom stereocenters. The molecule has 28 heavy (non-hydrogen) atoms. The van der Waals surface area contributed by atoms with Crippen LogP contribution in [0, 0.1) is 12.8 Å². The summed E-state index contributed by atoms with van der Waals surface area (Å²) in [5.41, 5.74) is 3.80. The van der Waals surface area contributed by atoms with Crippen LogP contribution in [0.4, 0.5) is 0 Å². The van der Waals surface area contributed by atoms with Crippen LogP contribution in [0.25, 0.3) is 6.08 Å². The maximum atomic E-state index is 12.1. The Morgan fingerprint density at radius 2 is 1.89 bits per heavy atom. The van der Waals surface area contributed by atoms with Crippen LogP contribution in [0.15, 0.2) is 35.9 Å². The largest absolute Gasteiger partial charge is 0.480 e. The number of carbonyl (C=O) groups is 2. The van der Waals surface area contributed by atoms with Gasteiger partial charge in [0.05, 0.1) is 13.2 Å². The van der Waals surface area contributed by atoms with Crippen molar-refractivity contribution in [1.29, 1.82) is 0 Å². The fraction of sp³-hybridized carbons (Fsp3) is 0.455. The summed E-state index contributed by atoms with van der Waals surface area (Å²) in [6.45, 7) is 7.11. The minimum atomic E-state index is -1.31. The molecule has 0 aliphatic heterocycles. The Balaban J connectivity index is 2.85. The van der Waals surface area contributed by atoms with Gasteiger partial charge in [-0.2, -0.15) is 0 Å². The van der Waals surface area contributed by atoms with E-state index in [1.54, 1.807) is 13.0 Å². The molecule has 6 nitrogen and oxygen atoms in total. The predicted octanol–water partition coefficient (Wildman–Crippen LogP) is 2.64. The Hall–Kier alpha value is -2.44. The van der Waals surface area contributed by atoms with Crippen molar-refractivity contribution in [2.75, 3.05) is 13.2 Å². The molecule has 1 rings (SSSR count). The fourth-order valence-electron chi connectivity index (χ4n) is 3.18. The Kier molecular flexibility index (Phi) is 9.62. The number of rotatable bonds is 10. The van der Waals surface area contributed by atoms with Crippen LogP contribution >= 0.6 is 0 Å². The van der Waals surface area contributed by atoms with Crippen LogP contribution in [0.1, 0.15) is 49.8 Å². The first-order chi connectivity index (χ1) is 13.2. The average molecular weight is 389 g/mol. The van der Waals surface area contributed by atoms with E-state index >= 15 is 0 Å². The topological polar surface area (TPSA) is 107 Å². The van der Waals surface area contributed by atoms with Crippen molar-refractivity contribution >= 4 is 18.0 Å². The van der Waals surface area contributed by atoms with Gasteiger partial charge in [-0.3, -0.25) is 4.79 Å². The zero-order chi connectivity index (χ0) is 21.3. The molecule has 1 amide bonds. The van der Waals surface area contributed by atoms with Crippen molar-refractivity contribution < 1.29 is 24.9 Å². The lowest BCUT2D eigenvalue weighted by Gasteiger charge is -2.19. The first-order valence-electron chi connectivity index (χ1n) is 9.40. The molecular weight excluding hydrogens is 358 g/mol. The van der Waals surface area contributed by atoms with E-state index in [2.05, 4.69) is 30.4 Å². The molecule has 6 heteroatoms. The average Bonchev–Trinajstić information content (AvgIpc) is 2.63. The summed E-state index contributed by atoms with van der Waals surface area (Å²) in [5, 5.41) is 29.3. The van der Waals surface area contributed by atoms with Gasteiger partial charge in [-0.1, -0.05) is 55.8 Å². The molecule has 0 aliphatic carbocycles. The Morgan fingerprint density at radius 3 is 2.46 bits per heavy atom.